The van der Waals surface area contributed by atoms with Gasteiger partial charge in [-0.3, -0.25) is 4.68 Å². The molecule has 0 aliphatic carbocycles. The zero-order valence-electron chi connectivity index (χ0n) is 8.39. The van der Waals surface area contributed by atoms with Gasteiger partial charge in [-0.1, -0.05) is 0 Å². The normalized spacial score (nSPS) is 10.7. The third kappa shape index (κ3) is 1.50. The van der Waals surface area contributed by atoms with E-state index in [1.807, 2.05) is 0 Å². The summed E-state index contributed by atoms with van der Waals surface area (Å²) in [5.41, 5.74) is 3.87. The molecule has 0 aromatic carbocycles. The van der Waals surface area contributed by atoms with Gasteiger partial charge < -0.3 is 5.32 Å². The zero-order valence-corrected chi connectivity index (χ0v) is 8.39. The molecule has 0 saturated heterocycles. The number of rotatable bonds is 3. The molecule has 0 amide bonds. The summed E-state index contributed by atoms with van der Waals surface area (Å²) in [5.74, 6) is 0. The van der Waals surface area contributed by atoms with E-state index in [1.165, 1.54) is 17.0 Å². The van der Waals surface area contributed by atoms with Crippen molar-refractivity contribution in [3.63, 3.8) is 0 Å². The van der Waals surface area contributed by atoms with Crippen LogP contribution < -0.4 is 5.32 Å². The topological polar surface area (TPSA) is 34.4 Å². The number of hydrogen-bond donors (Lipinski definition) is 1. The molecule has 0 saturated carbocycles. The van der Waals surface area contributed by atoms with Gasteiger partial charge in [-0.2, -0.15) is 5.10 Å². The Bertz CT molecular complexity index is 263. The minimum absolute atomic E-state index is 0.969. The Morgan fingerprint density at radius 2 is 2.08 bits per heavy atom. The molecule has 68 valence electrons. The lowest BCUT2D eigenvalue weighted by Gasteiger charge is -1.99. The van der Waals surface area contributed by atoms with Gasteiger partial charge in [0.15, 0.2) is 0 Å². The molecule has 0 unspecified atom stereocenters. The smallest absolute Gasteiger partial charge is 0.105 e. The van der Waals surface area contributed by atoms with Gasteiger partial charge in [-0.05, 0) is 20.8 Å². The highest BCUT2D eigenvalue weighted by atomic mass is 15.3. The van der Waals surface area contributed by atoms with Crippen LogP contribution in [0.3, 0.4) is 0 Å². The van der Waals surface area contributed by atoms with Crippen molar-refractivity contribution in [1.82, 2.24) is 9.78 Å². The molecule has 12 heavy (non-hydrogen) atoms. The maximum absolute atomic E-state index is 4.44. The summed E-state index contributed by atoms with van der Waals surface area (Å²) in [6.07, 6.45) is 0. The molecule has 1 aromatic heterocycles. The minimum Gasteiger partial charge on any atom is -0.345 e. The molecular formula is C9H18N3+. The summed E-state index contributed by atoms with van der Waals surface area (Å²) in [4.78, 5) is 0. The van der Waals surface area contributed by atoms with Crippen LogP contribution in [0.2, 0.25) is 0 Å². The van der Waals surface area contributed by atoms with Gasteiger partial charge in [0.05, 0.1) is 12.7 Å². The van der Waals surface area contributed by atoms with E-state index < -0.39 is 0 Å². The number of aryl methyl sites for hydroxylation is 2. The zero-order chi connectivity index (χ0) is 9.14. The van der Waals surface area contributed by atoms with Gasteiger partial charge in [0.25, 0.3) is 0 Å². The van der Waals surface area contributed by atoms with Crippen LogP contribution in [0.15, 0.2) is 0 Å². The summed E-state index contributed by atoms with van der Waals surface area (Å²) < 4.78 is 2.06. The van der Waals surface area contributed by atoms with Gasteiger partial charge in [-0.25, -0.2) is 0 Å². The van der Waals surface area contributed by atoms with Crippen LogP contribution in [0.4, 0.5) is 0 Å². The average molecular weight is 168 g/mol. The monoisotopic (exact) mass is 168 g/mol. The van der Waals surface area contributed by atoms with Crippen LogP contribution in [0, 0.1) is 13.8 Å². The van der Waals surface area contributed by atoms with E-state index >= 15 is 0 Å². The van der Waals surface area contributed by atoms with E-state index in [2.05, 4.69) is 42.9 Å². The molecule has 0 fully saturated rings. The van der Waals surface area contributed by atoms with E-state index in [9.17, 15) is 0 Å². The minimum atomic E-state index is 0.969. The Labute approximate surface area is 73.8 Å². The molecular weight excluding hydrogens is 150 g/mol. The Kier molecular flexibility index (Phi) is 2.87. The predicted octanol–water partition coefficient (Wildman–Crippen LogP) is 0.213. The van der Waals surface area contributed by atoms with Crippen LogP contribution in [0.1, 0.15) is 23.9 Å². The van der Waals surface area contributed by atoms with Crippen LogP contribution in [-0.2, 0) is 13.1 Å². The second-order valence-corrected chi connectivity index (χ2v) is 3.08. The van der Waals surface area contributed by atoms with Crippen LogP contribution in [0.25, 0.3) is 0 Å². The molecule has 3 heteroatoms. The number of quaternary nitrogens is 1. The Hall–Kier alpha value is -0.830. The molecule has 1 heterocycles. The summed E-state index contributed by atoms with van der Waals surface area (Å²) in [6, 6.07) is 0. The molecule has 0 bridgehead atoms. The largest absolute Gasteiger partial charge is 0.345 e. The second-order valence-electron chi connectivity index (χ2n) is 3.08. The maximum atomic E-state index is 4.44. The molecule has 3 nitrogen and oxygen atoms in total. The highest BCUT2D eigenvalue weighted by Crippen LogP contribution is 2.10. The van der Waals surface area contributed by atoms with E-state index in [0.717, 1.165) is 13.1 Å². The fourth-order valence-corrected chi connectivity index (χ4v) is 1.54. The van der Waals surface area contributed by atoms with E-state index in [4.69, 9.17) is 0 Å². The van der Waals surface area contributed by atoms with Crippen molar-refractivity contribution in [2.75, 3.05) is 7.05 Å². The first-order valence-corrected chi connectivity index (χ1v) is 4.51. The number of nitrogens with two attached hydrogens (primary N) is 1. The Morgan fingerprint density at radius 1 is 1.42 bits per heavy atom. The lowest BCUT2D eigenvalue weighted by molar-refractivity contribution is -0.643. The van der Waals surface area contributed by atoms with Crippen molar-refractivity contribution in [3.8, 4) is 0 Å². The second kappa shape index (κ2) is 3.72. The maximum Gasteiger partial charge on any atom is 0.105 e. The molecule has 0 radical (unpaired) electrons. The Balaban J connectivity index is 3.01. The molecule has 1 rings (SSSR count). The fraction of sp³-hybridized carbons (Fsp3) is 0.667. The molecule has 0 aliphatic heterocycles. The van der Waals surface area contributed by atoms with Crippen molar-refractivity contribution in [2.45, 2.75) is 33.9 Å². The van der Waals surface area contributed by atoms with Gasteiger partial charge >= 0.3 is 0 Å². The van der Waals surface area contributed by atoms with E-state index in [-0.39, 0.29) is 0 Å². The third-order valence-electron chi connectivity index (χ3n) is 2.24. The predicted molar refractivity (Wildman–Crippen MR) is 48.9 cm³/mol. The van der Waals surface area contributed by atoms with Crippen molar-refractivity contribution < 1.29 is 5.32 Å². The summed E-state index contributed by atoms with van der Waals surface area (Å²) in [6.45, 7) is 8.35. The van der Waals surface area contributed by atoms with Gasteiger partial charge in [0.1, 0.15) is 6.54 Å². The third-order valence-corrected chi connectivity index (χ3v) is 2.24. The molecule has 0 spiro atoms. The first-order chi connectivity index (χ1) is 5.70. The highest BCUT2D eigenvalue weighted by Gasteiger charge is 2.10. The number of hydrogen-bond acceptors (Lipinski definition) is 1. The van der Waals surface area contributed by atoms with Gasteiger partial charge in [-0.15, -0.1) is 0 Å². The summed E-state index contributed by atoms with van der Waals surface area (Å²) >= 11 is 0. The van der Waals surface area contributed by atoms with Crippen LogP contribution in [-0.4, -0.2) is 16.8 Å². The number of nitrogens with zero attached hydrogens (tertiary/aromatic N) is 2. The van der Waals surface area contributed by atoms with Crippen LogP contribution >= 0.6 is 0 Å². The van der Waals surface area contributed by atoms with Crippen molar-refractivity contribution in [1.29, 1.82) is 0 Å². The fourth-order valence-electron chi connectivity index (χ4n) is 1.54. The first-order valence-electron chi connectivity index (χ1n) is 4.51. The van der Waals surface area contributed by atoms with Gasteiger partial charge in [0.2, 0.25) is 0 Å². The molecule has 1 aromatic rings. The standard InChI is InChI=1S/C9H17N3/c1-5-12-8(3)9(6-10-4)7(2)11-12/h10H,5-6H2,1-4H3/p+1. The summed E-state index contributed by atoms with van der Waals surface area (Å²) in [7, 11) is 2.09. The van der Waals surface area contributed by atoms with Crippen molar-refractivity contribution in [2.24, 2.45) is 0 Å². The molecule has 0 aliphatic rings. The lowest BCUT2D eigenvalue weighted by atomic mass is 10.2. The van der Waals surface area contributed by atoms with E-state index in [0.29, 0.717) is 0 Å². The molecule has 2 N–H and O–H groups in total. The van der Waals surface area contributed by atoms with Crippen molar-refractivity contribution >= 4 is 0 Å². The van der Waals surface area contributed by atoms with Crippen LogP contribution in [0.5, 0.6) is 0 Å². The van der Waals surface area contributed by atoms with E-state index in [1.54, 1.807) is 0 Å². The summed E-state index contributed by atoms with van der Waals surface area (Å²) in [5, 5.41) is 6.62. The average Bonchev–Trinajstić information content (AvgIpc) is 2.32. The number of aromatic nitrogens is 2. The first kappa shape index (κ1) is 9.26. The molecule has 0 atom stereocenters. The highest BCUT2D eigenvalue weighted by molar-refractivity contribution is 5.23. The lowest BCUT2D eigenvalue weighted by Crippen LogP contribution is -2.77. The SMILES string of the molecule is CCn1nc(C)c(C[NH2+]C)c1C. The van der Waals surface area contributed by atoms with Crippen molar-refractivity contribution in [3.05, 3.63) is 17.0 Å². The quantitative estimate of drug-likeness (QED) is 0.688. The Morgan fingerprint density at radius 3 is 2.50 bits per heavy atom. The van der Waals surface area contributed by atoms with Gasteiger partial charge in [0, 0.05) is 17.8 Å².